The number of halogens is 1. The Morgan fingerprint density at radius 3 is 2.86 bits per heavy atom. The molecule has 2 nitrogen and oxygen atoms in total. The molecular formula is C9H5IO2S2. The molecule has 0 aliphatic heterocycles. The van der Waals surface area contributed by atoms with E-state index in [4.69, 9.17) is 5.11 Å². The molecule has 0 aliphatic rings. The molecule has 14 heavy (non-hydrogen) atoms. The summed E-state index contributed by atoms with van der Waals surface area (Å²) >= 11 is 8.04. The lowest BCUT2D eigenvalue weighted by Gasteiger charge is -1.97. The number of carboxylic acid groups (broad SMARTS) is 1. The minimum Gasteiger partial charge on any atom is -0.478 e. The number of hydrogen-bond acceptors (Lipinski definition) is 3. The molecule has 1 aromatic heterocycles. The van der Waals surface area contributed by atoms with Gasteiger partial charge in [0.25, 0.3) is 0 Å². The first kappa shape index (κ1) is 10.3. The Hall–Kier alpha value is -0.270. The Balaban J connectivity index is 2.91. The maximum Gasteiger partial charge on any atom is 0.336 e. The van der Waals surface area contributed by atoms with E-state index >= 15 is 0 Å². The number of aromatic carboxylic acids is 1. The molecule has 0 unspecified atom stereocenters. The normalized spacial score (nSPS) is 10.7. The number of thiol groups is 1. The van der Waals surface area contributed by atoms with Gasteiger partial charge in [0.15, 0.2) is 0 Å². The minimum atomic E-state index is -0.903. The molecule has 0 saturated carbocycles. The fourth-order valence-electron chi connectivity index (χ4n) is 1.28. The average molecular weight is 336 g/mol. The van der Waals surface area contributed by atoms with E-state index in [2.05, 4.69) is 35.2 Å². The van der Waals surface area contributed by atoms with Crippen molar-refractivity contribution in [2.24, 2.45) is 0 Å². The van der Waals surface area contributed by atoms with Crippen LogP contribution in [0.3, 0.4) is 0 Å². The van der Waals surface area contributed by atoms with Crippen LogP contribution in [0.2, 0.25) is 0 Å². The van der Waals surface area contributed by atoms with Gasteiger partial charge in [-0.25, -0.2) is 4.79 Å². The van der Waals surface area contributed by atoms with Gasteiger partial charge in [-0.15, -0.1) is 24.0 Å². The van der Waals surface area contributed by atoms with Gasteiger partial charge in [0.05, 0.1) is 8.45 Å². The molecule has 0 atom stereocenters. The molecule has 72 valence electrons. The Morgan fingerprint density at radius 1 is 1.50 bits per heavy atom. The second kappa shape index (κ2) is 3.71. The molecule has 5 heteroatoms. The van der Waals surface area contributed by atoms with Gasteiger partial charge in [-0.3, -0.25) is 0 Å². The smallest absolute Gasteiger partial charge is 0.336 e. The van der Waals surface area contributed by atoms with Crippen LogP contribution in [-0.2, 0) is 0 Å². The maximum absolute atomic E-state index is 10.9. The van der Waals surface area contributed by atoms with Gasteiger partial charge in [-0.2, -0.15) is 0 Å². The Labute approximate surface area is 103 Å². The fraction of sp³-hybridized carbons (Fsp3) is 0. The number of fused-ring (bicyclic) bond motifs is 1. The fourth-order valence-corrected chi connectivity index (χ4v) is 3.57. The molecular weight excluding hydrogens is 331 g/mol. The highest BCUT2D eigenvalue weighted by Gasteiger charge is 2.14. The van der Waals surface area contributed by atoms with Crippen molar-refractivity contribution < 1.29 is 9.90 Å². The third kappa shape index (κ3) is 1.53. The zero-order chi connectivity index (χ0) is 10.3. The second-order valence-electron chi connectivity index (χ2n) is 2.71. The topological polar surface area (TPSA) is 37.3 Å². The summed E-state index contributed by atoms with van der Waals surface area (Å²) in [6.07, 6.45) is 0. The van der Waals surface area contributed by atoms with E-state index in [-0.39, 0.29) is 0 Å². The third-order valence-electron chi connectivity index (χ3n) is 1.88. The van der Waals surface area contributed by atoms with E-state index in [0.717, 1.165) is 17.9 Å². The predicted octanol–water partition coefficient (Wildman–Crippen LogP) is 3.49. The summed E-state index contributed by atoms with van der Waals surface area (Å²) in [7, 11) is 0. The second-order valence-corrected chi connectivity index (χ2v) is 6.02. The zero-order valence-electron chi connectivity index (χ0n) is 6.82. The summed E-state index contributed by atoms with van der Waals surface area (Å²) in [5, 5.41) is 9.73. The molecule has 1 aromatic carbocycles. The van der Waals surface area contributed by atoms with Crippen molar-refractivity contribution in [2.45, 2.75) is 4.90 Å². The maximum atomic E-state index is 10.9. The quantitative estimate of drug-likeness (QED) is 0.618. The van der Waals surface area contributed by atoms with Gasteiger partial charge in [-0.05, 0) is 34.7 Å². The monoisotopic (exact) mass is 336 g/mol. The van der Waals surface area contributed by atoms with Crippen LogP contribution in [-0.4, -0.2) is 11.1 Å². The summed E-state index contributed by atoms with van der Waals surface area (Å²) in [4.78, 5) is 11.7. The van der Waals surface area contributed by atoms with Crippen molar-refractivity contribution in [3.05, 3.63) is 26.6 Å². The summed E-state index contributed by atoms with van der Waals surface area (Å²) in [6.45, 7) is 0. The Bertz CT molecular complexity index is 519. The molecule has 2 aromatic rings. The highest BCUT2D eigenvalue weighted by molar-refractivity contribution is 14.1. The van der Waals surface area contributed by atoms with Crippen molar-refractivity contribution in [3.8, 4) is 0 Å². The summed E-state index contributed by atoms with van der Waals surface area (Å²) in [5.74, 6) is -0.903. The number of hydrogen-bond donors (Lipinski definition) is 2. The van der Waals surface area contributed by atoms with Crippen LogP contribution in [0.1, 0.15) is 10.4 Å². The number of rotatable bonds is 1. The number of carbonyl (C=O) groups is 1. The van der Waals surface area contributed by atoms with Crippen molar-refractivity contribution in [2.75, 3.05) is 0 Å². The predicted molar refractivity (Wildman–Crippen MR) is 68.8 cm³/mol. The Kier molecular flexibility index (Phi) is 2.72. The van der Waals surface area contributed by atoms with Crippen molar-refractivity contribution in [3.63, 3.8) is 0 Å². The highest BCUT2D eigenvalue weighted by Crippen LogP contribution is 2.36. The summed E-state index contributed by atoms with van der Waals surface area (Å²) < 4.78 is 1.99. The van der Waals surface area contributed by atoms with Crippen LogP contribution in [0.4, 0.5) is 0 Å². The van der Waals surface area contributed by atoms with E-state index in [9.17, 15) is 4.79 Å². The van der Waals surface area contributed by atoms with E-state index < -0.39 is 5.97 Å². The molecule has 0 fully saturated rings. The lowest BCUT2D eigenvalue weighted by molar-refractivity contribution is 0.0699. The molecule has 1 heterocycles. The molecule has 0 saturated heterocycles. The van der Waals surface area contributed by atoms with Gasteiger partial charge in [0, 0.05) is 15.0 Å². The van der Waals surface area contributed by atoms with Crippen LogP contribution in [0.15, 0.2) is 23.1 Å². The van der Waals surface area contributed by atoms with E-state index in [1.807, 2.05) is 6.07 Å². The lowest BCUT2D eigenvalue weighted by atomic mass is 10.1. The first-order valence-corrected chi connectivity index (χ1v) is 6.09. The minimum absolute atomic E-state index is 0.326. The van der Waals surface area contributed by atoms with E-state index in [1.165, 1.54) is 0 Å². The van der Waals surface area contributed by atoms with Crippen molar-refractivity contribution >= 4 is 62.6 Å². The molecule has 1 N–H and O–H groups in total. The van der Waals surface area contributed by atoms with Gasteiger partial charge in [0.2, 0.25) is 0 Å². The Morgan fingerprint density at radius 2 is 2.21 bits per heavy atom. The van der Waals surface area contributed by atoms with Crippen LogP contribution in [0.5, 0.6) is 0 Å². The van der Waals surface area contributed by atoms with Gasteiger partial charge < -0.3 is 5.11 Å². The van der Waals surface area contributed by atoms with Gasteiger partial charge in [-0.1, -0.05) is 6.07 Å². The standard InChI is InChI=1S/C9H5IO2S2/c10-8-7(13)6-4(9(11)12)2-1-3-5(6)14-8/h1-3,13H,(H,11,12). The average Bonchev–Trinajstić information content (AvgIpc) is 2.43. The van der Waals surface area contributed by atoms with Gasteiger partial charge >= 0.3 is 5.97 Å². The SMILES string of the molecule is O=C(O)c1cccc2sc(I)c(S)c12. The molecule has 0 radical (unpaired) electrons. The number of carboxylic acids is 1. The summed E-state index contributed by atoms with van der Waals surface area (Å²) in [6, 6.07) is 5.27. The van der Waals surface area contributed by atoms with Crippen molar-refractivity contribution in [1.82, 2.24) is 0 Å². The first-order chi connectivity index (χ1) is 6.61. The molecule has 2 rings (SSSR count). The van der Waals surface area contributed by atoms with Gasteiger partial charge in [0.1, 0.15) is 0 Å². The molecule has 0 amide bonds. The number of benzene rings is 1. The molecule has 0 bridgehead atoms. The largest absolute Gasteiger partial charge is 0.478 e. The highest BCUT2D eigenvalue weighted by atomic mass is 127. The number of thiophene rings is 1. The van der Waals surface area contributed by atoms with E-state index in [1.54, 1.807) is 23.5 Å². The van der Waals surface area contributed by atoms with Crippen LogP contribution in [0.25, 0.3) is 10.1 Å². The lowest BCUT2D eigenvalue weighted by Crippen LogP contribution is -1.96. The summed E-state index contributed by atoms with van der Waals surface area (Å²) in [5.41, 5.74) is 0.326. The molecule has 0 spiro atoms. The molecule has 0 aliphatic carbocycles. The third-order valence-corrected chi connectivity index (χ3v) is 5.05. The van der Waals surface area contributed by atoms with E-state index in [0.29, 0.717) is 5.56 Å². The van der Waals surface area contributed by atoms with Crippen LogP contribution >= 0.6 is 46.6 Å². The van der Waals surface area contributed by atoms with Crippen molar-refractivity contribution in [1.29, 1.82) is 0 Å². The first-order valence-electron chi connectivity index (χ1n) is 3.74. The van der Waals surface area contributed by atoms with Crippen LogP contribution < -0.4 is 0 Å². The zero-order valence-corrected chi connectivity index (χ0v) is 10.7. The van der Waals surface area contributed by atoms with Crippen LogP contribution in [0, 0.1) is 2.88 Å².